The van der Waals surface area contributed by atoms with E-state index >= 15 is 0 Å². The Morgan fingerprint density at radius 2 is 2.06 bits per heavy atom. The molecule has 1 fully saturated rings. The van der Waals surface area contributed by atoms with Crippen LogP contribution in [0.25, 0.3) is 0 Å². The molecule has 0 saturated heterocycles. The van der Waals surface area contributed by atoms with Crippen molar-refractivity contribution < 1.29 is 0 Å². The van der Waals surface area contributed by atoms with Crippen LogP contribution in [0, 0.1) is 5.92 Å². The van der Waals surface area contributed by atoms with Crippen molar-refractivity contribution in [1.82, 2.24) is 4.98 Å². The van der Waals surface area contributed by atoms with Crippen LogP contribution in [-0.4, -0.2) is 11.0 Å². The van der Waals surface area contributed by atoms with Crippen LogP contribution in [0.15, 0.2) is 18.3 Å². The zero-order chi connectivity index (χ0) is 11.4. The maximum absolute atomic E-state index is 5.76. The summed E-state index contributed by atoms with van der Waals surface area (Å²) in [7, 11) is 0. The molecule has 2 nitrogen and oxygen atoms in total. The molecule has 1 aliphatic carbocycles. The third kappa shape index (κ3) is 3.11. The lowest BCUT2D eigenvalue weighted by atomic mass is 9.84. The van der Waals surface area contributed by atoms with Crippen LogP contribution in [0.1, 0.15) is 39.0 Å². The van der Waals surface area contributed by atoms with E-state index in [-0.39, 0.29) is 0 Å². The van der Waals surface area contributed by atoms with Crippen LogP contribution in [0.3, 0.4) is 0 Å². The Morgan fingerprint density at radius 3 is 2.69 bits per heavy atom. The summed E-state index contributed by atoms with van der Waals surface area (Å²) >= 11 is 5.76. The zero-order valence-electron chi connectivity index (χ0n) is 9.75. The Morgan fingerprint density at radius 1 is 1.31 bits per heavy atom. The normalized spacial score (nSPS) is 19.4. The van der Waals surface area contributed by atoms with Crippen LogP contribution >= 0.6 is 11.6 Å². The highest BCUT2D eigenvalue weighted by molar-refractivity contribution is 6.29. The molecule has 1 N–H and O–H groups in total. The highest BCUT2D eigenvalue weighted by Crippen LogP contribution is 2.27. The van der Waals surface area contributed by atoms with E-state index in [1.165, 1.54) is 32.1 Å². The molecule has 1 saturated carbocycles. The van der Waals surface area contributed by atoms with Crippen molar-refractivity contribution in [1.29, 1.82) is 0 Å². The molecule has 0 aromatic carbocycles. The molecule has 2 rings (SSSR count). The Labute approximate surface area is 102 Å². The van der Waals surface area contributed by atoms with Gasteiger partial charge in [-0.1, -0.05) is 30.9 Å². The first-order chi connectivity index (χ1) is 7.75. The van der Waals surface area contributed by atoms with Crippen molar-refractivity contribution >= 4 is 17.3 Å². The first kappa shape index (κ1) is 11.7. The molecule has 1 heterocycles. The number of pyridine rings is 1. The average Bonchev–Trinajstić information content (AvgIpc) is 2.33. The molecular weight excluding hydrogens is 220 g/mol. The lowest BCUT2D eigenvalue weighted by Crippen LogP contribution is -2.27. The second kappa shape index (κ2) is 5.53. The van der Waals surface area contributed by atoms with Gasteiger partial charge in [0.05, 0.1) is 11.9 Å². The van der Waals surface area contributed by atoms with Gasteiger partial charge in [-0.15, -0.1) is 0 Å². The second-order valence-corrected chi connectivity index (χ2v) is 5.09. The molecule has 0 radical (unpaired) electrons. The SMILES string of the molecule is CC(Nc1ccc(Cl)nc1)C1CCCCC1. The molecule has 0 bridgehead atoms. The van der Waals surface area contributed by atoms with Crippen molar-refractivity contribution in [3.8, 4) is 0 Å². The van der Waals surface area contributed by atoms with Gasteiger partial charge in [0, 0.05) is 6.04 Å². The number of rotatable bonds is 3. The van der Waals surface area contributed by atoms with E-state index in [1.807, 2.05) is 18.3 Å². The Balaban J connectivity index is 1.90. The smallest absolute Gasteiger partial charge is 0.129 e. The highest BCUT2D eigenvalue weighted by atomic mass is 35.5. The van der Waals surface area contributed by atoms with Gasteiger partial charge in [-0.3, -0.25) is 0 Å². The third-order valence-corrected chi connectivity index (χ3v) is 3.70. The number of aromatic nitrogens is 1. The number of nitrogens with zero attached hydrogens (tertiary/aromatic N) is 1. The van der Waals surface area contributed by atoms with Gasteiger partial charge in [-0.25, -0.2) is 4.98 Å². The van der Waals surface area contributed by atoms with E-state index in [0.29, 0.717) is 11.2 Å². The molecule has 0 amide bonds. The standard InChI is InChI=1S/C13H19ClN2/c1-10(11-5-3-2-4-6-11)16-12-7-8-13(14)15-9-12/h7-11,16H,2-6H2,1H3. The van der Waals surface area contributed by atoms with E-state index in [2.05, 4.69) is 17.2 Å². The molecule has 16 heavy (non-hydrogen) atoms. The average molecular weight is 239 g/mol. The molecule has 1 unspecified atom stereocenters. The molecule has 0 spiro atoms. The number of anilines is 1. The van der Waals surface area contributed by atoms with E-state index in [4.69, 9.17) is 11.6 Å². The summed E-state index contributed by atoms with van der Waals surface area (Å²) in [6.07, 6.45) is 8.70. The second-order valence-electron chi connectivity index (χ2n) is 4.70. The summed E-state index contributed by atoms with van der Waals surface area (Å²) < 4.78 is 0. The van der Waals surface area contributed by atoms with Crippen LogP contribution in [0.4, 0.5) is 5.69 Å². The lowest BCUT2D eigenvalue weighted by Gasteiger charge is -2.28. The van der Waals surface area contributed by atoms with Crippen molar-refractivity contribution in [2.45, 2.75) is 45.1 Å². The van der Waals surface area contributed by atoms with Gasteiger partial charge in [0.1, 0.15) is 5.15 Å². The molecule has 1 atom stereocenters. The van der Waals surface area contributed by atoms with Crippen molar-refractivity contribution in [3.05, 3.63) is 23.5 Å². The quantitative estimate of drug-likeness (QED) is 0.802. The molecule has 1 aromatic heterocycles. The minimum absolute atomic E-state index is 0.531. The van der Waals surface area contributed by atoms with Gasteiger partial charge < -0.3 is 5.32 Å². The first-order valence-corrected chi connectivity index (χ1v) is 6.51. The summed E-state index contributed by atoms with van der Waals surface area (Å²) in [6.45, 7) is 2.27. The lowest BCUT2D eigenvalue weighted by molar-refractivity contribution is 0.328. The molecule has 3 heteroatoms. The number of halogens is 1. The van der Waals surface area contributed by atoms with E-state index in [0.717, 1.165) is 11.6 Å². The van der Waals surface area contributed by atoms with Crippen LogP contribution in [-0.2, 0) is 0 Å². The predicted octanol–water partition coefficient (Wildman–Crippen LogP) is 4.12. The Hall–Kier alpha value is -0.760. The van der Waals surface area contributed by atoms with Gasteiger partial charge in [-0.2, -0.15) is 0 Å². The summed E-state index contributed by atoms with van der Waals surface area (Å²) in [5.41, 5.74) is 1.07. The third-order valence-electron chi connectivity index (χ3n) is 3.48. The first-order valence-electron chi connectivity index (χ1n) is 6.14. The van der Waals surface area contributed by atoms with E-state index in [9.17, 15) is 0 Å². The zero-order valence-corrected chi connectivity index (χ0v) is 10.5. The molecule has 0 aliphatic heterocycles. The van der Waals surface area contributed by atoms with E-state index in [1.54, 1.807) is 0 Å². The van der Waals surface area contributed by atoms with Gasteiger partial charge in [0.15, 0.2) is 0 Å². The number of hydrogen-bond donors (Lipinski definition) is 1. The molecule has 88 valence electrons. The Kier molecular flexibility index (Phi) is 4.05. The maximum atomic E-state index is 5.76. The summed E-state index contributed by atoms with van der Waals surface area (Å²) in [5, 5.41) is 4.07. The van der Waals surface area contributed by atoms with Gasteiger partial charge in [-0.05, 0) is 37.8 Å². The van der Waals surface area contributed by atoms with Crippen LogP contribution in [0.5, 0.6) is 0 Å². The number of hydrogen-bond acceptors (Lipinski definition) is 2. The fraction of sp³-hybridized carbons (Fsp3) is 0.615. The minimum Gasteiger partial charge on any atom is -0.381 e. The number of nitrogens with one attached hydrogen (secondary N) is 1. The maximum Gasteiger partial charge on any atom is 0.129 e. The summed E-state index contributed by atoms with van der Waals surface area (Å²) in [4.78, 5) is 4.08. The van der Waals surface area contributed by atoms with Crippen molar-refractivity contribution in [2.75, 3.05) is 5.32 Å². The Bertz CT molecular complexity index is 317. The van der Waals surface area contributed by atoms with Gasteiger partial charge in [0.2, 0.25) is 0 Å². The highest BCUT2D eigenvalue weighted by Gasteiger charge is 2.19. The van der Waals surface area contributed by atoms with E-state index < -0.39 is 0 Å². The fourth-order valence-electron chi connectivity index (χ4n) is 2.48. The van der Waals surface area contributed by atoms with Crippen molar-refractivity contribution in [3.63, 3.8) is 0 Å². The predicted molar refractivity (Wildman–Crippen MR) is 68.9 cm³/mol. The molecule has 1 aliphatic rings. The molecule has 1 aromatic rings. The van der Waals surface area contributed by atoms with Crippen molar-refractivity contribution in [2.24, 2.45) is 5.92 Å². The molecular formula is C13H19ClN2. The summed E-state index contributed by atoms with van der Waals surface area (Å²) in [5.74, 6) is 0.810. The minimum atomic E-state index is 0.531. The summed E-state index contributed by atoms with van der Waals surface area (Å²) in [6, 6.07) is 4.36. The van der Waals surface area contributed by atoms with Crippen LogP contribution < -0.4 is 5.32 Å². The fourth-order valence-corrected chi connectivity index (χ4v) is 2.59. The topological polar surface area (TPSA) is 24.9 Å². The monoisotopic (exact) mass is 238 g/mol. The van der Waals surface area contributed by atoms with Crippen LogP contribution in [0.2, 0.25) is 5.15 Å². The van der Waals surface area contributed by atoms with Gasteiger partial charge >= 0.3 is 0 Å². The largest absolute Gasteiger partial charge is 0.381 e. The van der Waals surface area contributed by atoms with Gasteiger partial charge in [0.25, 0.3) is 0 Å².